The van der Waals surface area contributed by atoms with Gasteiger partial charge in [-0.3, -0.25) is 0 Å². The van der Waals surface area contributed by atoms with Crippen molar-refractivity contribution in [2.75, 3.05) is 0 Å². The van der Waals surface area contributed by atoms with E-state index in [0.717, 1.165) is 12.8 Å². The SMILES string of the molecule is Cc1ncnc2c1c(F)cn2[C@@H]1O[C@H]([C@H](O)c2ccc3c(c2)CC3)[C@@H](O)[C@H]1O. The first-order valence-electron chi connectivity index (χ1n) is 9.24. The van der Waals surface area contributed by atoms with E-state index in [1.54, 1.807) is 13.0 Å². The van der Waals surface area contributed by atoms with E-state index in [1.807, 2.05) is 12.1 Å². The van der Waals surface area contributed by atoms with Gasteiger partial charge in [-0.25, -0.2) is 14.4 Å². The van der Waals surface area contributed by atoms with Crippen LogP contribution in [0, 0.1) is 12.7 Å². The molecule has 0 bridgehead atoms. The molecule has 5 rings (SSSR count). The van der Waals surface area contributed by atoms with Gasteiger partial charge >= 0.3 is 0 Å². The van der Waals surface area contributed by atoms with E-state index in [2.05, 4.69) is 9.97 Å². The monoisotopic (exact) mass is 385 g/mol. The summed E-state index contributed by atoms with van der Waals surface area (Å²) < 4.78 is 21.6. The molecule has 7 nitrogen and oxygen atoms in total. The smallest absolute Gasteiger partial charge is 0.164 e. The van der Waals surface area contributed by atoms with Crippen LogP contribution in [0.5, 0.6) is 0 Å². The summed E-state index contributed by atoms with van der Waals surface area (Å²) in [6, 6.07) is 5.67. The number of halogens is 1. The molecule has 3 aromatic rings. The Kier molecular flexibility index (Phi) is 3.99. The van der Waals surface area contributed by atoms with Crippen LogP contribution in [0.1, 0.15) is 34.7 Å². The molecular weight excluding hydrogens is 365 g/mol. The molecule has 2 aliphatic rings. The van der Waals surface area contributed by atoms with Gasteiger partial charge in [-0.1, -0.05) is 18.2 Å². The fourth-order valence-corrected chi connectivity index (χ4v) is 4.14. The van der Waals surface area contributed by atoms with E-state index < -0.39 is 36.5 Å². The predicted molar refractivity (Wildman–Crippen MR) is 97.0 cm³/mol. The minimum absolute atomic E-state index is 0.235. The Hall–Kier alpha value is -2.39. The van der Waals surface area contributed by atoms with Crippen molar-refractivity contribution in [1.82, 2.24) is 14.5 Å². The van der Waals surface area contributed by atoms with Crippen molar-refractivity contribution in [3.8, 4) is 0 Å². The molecule has 0 radical (unpaired) electrons. The number of aromatic nitrogens is 3. The molecule has 0 spiro atoms. The molecule has 1 fully saturated rings. The molecule has 3 N–H and O–H groups in total. The van der Waals surface area contributed by atoms with Gasteiger partial charge < -0.3 is 24.6 Å². The summed E-state index contributed by atoms with van der Waals surface area (Å²) >= 11 is 0. The van der Waals surface area contributed by atoms with Crippen LogP contribution in [0.15, 0.2) is 30.7 Å². The Balaban J connectivity index is 1.48. The Morgan fingerprint density at radius 2 is 1.96 bits per heavy atom. The normalized spacial score (nSPS) is 27.6. The lowest BCUT2D eigenvalue weighted by Gasteiger charge is -2.25. The zero-order valence-corrected chi connectivity index (χ0v) is 15.2. The number of hydrogen-bond acceptors (Lipinski definition) is 6. The lowest BCUT2D eigenvalue weighted by molar-refractivity contribution is -0.0849. The van der Waals surface area contributed by atoms with Gasteiger partial charge in [0.25, 0.3) is 0 Å². The molecule has 146 valence electrons. The third-order valence-electron chi connectivity index (χ3n) is 5.85. The first-order valence-corrected chi connectivity index (χ1v) is 9.24. The van der Waals surface area contributed by atoms with E-state index in [4.69, 9.17) is 4.74 Å². The van der Waals surface area contributed by atoms with Gasteiger partial charge in [0.05, 0.1) is 11.1 Å². The number of benzene rings is 1. The molecule has 28 heavy (non-hydrogen) atoms. The average molecular weight is 385 g/mol. The van der Waals surface area contributed by atoms with E-state index >= 15 is 0 Å². The van der Waals surface area contributed by atoms with E-state index in [0.29, 0.717) is 11.3 Å². The van der Waals surface area contributed by atoms with Gasteiger partial charge in [0, 0.05) is 6.20 Å². The minimum Gasteiger partial charge on any atom is -0.387 e. The minimum atomic E-state index is -1.35. The summed E-state index contributed by atoms with van der Waals surface area (Å²) in [5.74, 6) is -0.537. The topological polar surface area (TPSA) is 101 Å². The Morgan fingerprint density at radius 1 is 1.18 bits per heavy atom. The Morgan fingerprint density at radius 3 is 2.68 bits per heavy atom. The molecule has 0 saturated carbocycles. The summed E-state index contributed by atoms with van der Waals surface area (Å²) in [7, 11) is 0. The third kappa shape index (κ3) is 2.49. The van der Waals surface area contributed by atoms with Crippen LogP contribution in [0.3, 0.4) is 0 Å². The van der Waals surface area contributed by atoms with E-state index in [1.165, 1.54) is 28.2 Å². The Bertz CT molecular complexity index is 1070. The quantitative estimate of drug-likeness (QED) is 0.629. The zero-order valence-electron chi connectivity index (χ0n) is 15.2. The van der Waals surface area contributed by atoms with Crippen molar-refractivity contribution in [3.63, 3.8) is 0 Å². The van der Waals surface area contributed by atoms with Crippen LogP contribution < -0.4 is 0 Å². The summed E-state index contributed by atoms with van der Waals surface area (Å²) in [5.41, 5.74) is 3.78. The number of aliphatic hydroxyl groups is 3. The molecule has 1 saturated heterocycles. The van der Waals surface area contributed by atoms with Gasteiger partial charge in [0.1, 0.15) is 36.4 Å². The number of hydrogen-bond donors (Lipinski definition) is 3. The van der Waals surface area contributed by atoms with Crippen LogP contribution in [0.4, 0.5) is 4.39 Å². The standard InChI is InChI=1S/C20H20FN3O4/c1-9-14-13(21)7-24(19(14)23-8-22-9)20-17(27)16(26)18(28-20)15(25)12-5-3-10-2-4-11(10)6-12/h3,5-8,15-18,20,25-27H,2,4H2,1H3/t15-,16+,17-,18-,20-/m1/s1. The fraction of sp³-hybridized carbons (Fsp3) is 0.400. The molecule has 0 unspecified atom stereocenters. The highest BCUT2D eigenvalue weighted by molar-refractivity contribution is 5.79. The summed E-state index contributed by atoms with van der Waals surface area (Å²) in [6.07, 6.45) is -1.48. The second-order valence-electron chi connectivity index (χ2n) is 7.49. The summed E-state index contributed by atoms with van der Waals surface area (Å²) in [6.45, 7) is 1.66. The number of nitrogens with zero attached hydrogens (tertiary/aromatic N) is 3. The van der Waals surface area contributed by atoms with Crippen molar-refractivity contribution in [2.45, 2.75) is 50.4 Å². The second-order valence-corrected chi connectivity index (χ2v) is 7.49. The van der Waals surface area contributed by atoms with Crippen LogP contribution >= 0.6 is 0 Å². The molecule has 8 heteroatoms. The number of aliphatic hydroxyl groups excluding tert-OH is 3. The van der Waals surface area contributed by atoms with Gasteiger partial charge in [0.15, 0.2) is 12.0 Å². The maximum absolute atomic E-state index is 14.4. The predicted octanol–water partition coefficient (Wildman–Crippen LogP) is 1.33. The highest BCUT2D eigenvalue weighted by Gasteiger charge is 2.47. The molecule has 1 aliphatic carbocycles. The van der Waals surface area contributed by atoms with Crippen molar-refractivity contribution < 1.29 is 24.4 Å². The van der Waals surface area contributed by atoms with Crippen LogP contribution in [-0.4, -0.2) is 48.2 Å². The first kappa shape index (κ1) is 17.7. The van der Waals surface area contributed by atoms with Crippen molar-refractivity contribution in [2.24, 2.45) is 0 Å². The molecule has 1 aromatic carbocycles. The highest BCUT2D eigenvalue weighted by Crippen LogP contribution is 2.39. The molecule has 1 aliphatic heterocycles. The largest absolute Gasteiger partial charge is 0.387 e. The Labute approximate surface area is 160 Å². The van der Waals surface area contributed by atoms with Gasteiger partial charge in [-0.2, -0.15) is 0 Å². The highest BCUT2D eigenvalue weighted by atomic mass is 19.1. The van der Waals surface area contributed by atoms with Crippen LogP contribution in [0.2, 0.25) is 0 Å². The van der Waals surface area contributed by atoms with Crippen LogP contribution in [0.25, 0.3) is 11.0 Å². The number of ether oxygens (including phenoxy) is 1. The molecule has 2 aromatic heterocycles. The molecular formula is C20H20FN3O4. The van der Waals surface area contributed by atoms with E-state index in [-0.39, 0.29) is 11.0 Å². The first-order chi connectivity index (χ1) is 13.5. The number of rotatable bonds is 3. The van der Waals surface area contributed by atoms with Crippen molar-refractivity contribution >= 4 is 11.0 Å². The van der Waals surface area contributed by atoms with Gasteiger partial charge in [-0.15, -0.1) is 0 Å². The molecule has 5 atom stereocenters. The lowest BCUT2D eigenvalue weighted by atomic mass is 9.85. The maximum Gasteiger partial charge on any atom is 0.164 e. The van der Waals surface area contributed by atoms with Gasteiger partial charge in [-0.05, 0) is 36.5 Å². The average Bonchev–Trinajstić information content (AvgIpc) is 3.14. The maximum atomic E-state index is 14.4. The van der Waals surface area contributed by atoms with Crippen LogP contribution in [-0.2, 0) is 17.6 Å². The van der Waals surface area contributed by atoms with Crippen molar-refractivity contribution in [3.05, 3.63) is 58.9 Å². The molecule has 3 heterocycles. The summed E-state index contributed by atoms with van der Waals surface area (Å²) in [5, 5.41) is 32.1. The fourth-order valence-electron chi connectivity index (χ4n) is 4.14. The van der Waals surface area contributed by atoms with Gasteiger partial charge in [0.2, 0.25) is 0 Å². The zero-order chi connectivity index (χ0) is 19.6. The summed E-state index contributed by atoms with van der Waals surface area (Å²) in [4.78, 5) is 8.09. The number of fused-ring (bicyclic) bond motifs is 2. The second kappa shape index (κ2) is 6.31. The van der Waals surface area contributed by atoms with E-state index in [9.17, 15) is 19.7 Å². The molecule has 0 amide bonds. The lowest BCUT2D eigenvalue weighted by Crippen LogP contribution is -2.35. The van der Waals surface area contributed by atoms with Crippen molar-refractivity contribution in [1.29, 1.82) is 0 Å². The third-order valence-corrected chi connectivity index (χ3v) is 5.85. The number of aryl methyl sites for hydroxylation is 3.